The lowest BCUT2D eigenvalue weighted by Gasteiger charge is -2.43. The molecule has 0 bridgehead atoms. The van der Waals surface area contributed by atoms with E-state index in [0.717, 1.165) is 5.25 Å². The summed E-state index contributed by atoms with van der Waals surface area (Å²) in [6, 6.07) is 8.90. The minimum atomic E-state index is 0.611. The van der Waals surface area contributed by atoms with Gasteiger partial charge in [0.15, 0.2) is 0 Å². The molecule has 0 aliphatic carbocycles. The lowest BCUT2D eigenvalue weighted by atomic mass is 9.75. The third kappa shape index (κ3) is 1.78. The van der Waals surface area contributed by atoms with Crippen LogP contribution in [0.1, 0.15) is 25.3 Å². The van der Waals surface area contributed by atoms with Gasteiger partial charge in [-0.1, -0.05) is 25.1 Å². The molecule has 0 radical (unpaired) electrons. The number of thioether (sulfide) groups is 1. The van der Waals surface area contributed by atoms with Crippen molar-refractivity contribution in [3.8, 4) is 0 Å². The molecule has 1 N–H and O–H groups in total. The van der Waals surface area contributed by atoms with E-state index in [-0.39, 0.29) is 0 Å². The van der Waals surface area contributed by atoms with Crippen molar-refractivity contribution in [3.63, 3.8) is 0 Å². The van der Waals surface area contributed by atoms with Crippen LogP contribution in [0.3, 0.4) is 0 Å². The van der Waals surface area contributed by atoms with Gasteiger partial charge in [-0.3, -0.25) is 0 Å². The zero-order chi connectivity index (χ0) is 11.0. The van der Waals surface area contributed by atoms with Crippen LogP contribution < -0.4 is 5.32 Å². The Balaban J connectivity index is 1.68. The molecule has 1 atom stereocenters. The summed E-state index contributed by atoms with van der Waals surface area (Å²) in [7, 11) is 0. The molecule has 16 heavy (non-hydrogen) atoms. The van der Waals surface area contributed by atoms with E-state index in [1.54, 1.807) is 5.56 Å². The highest BCUT2D eigenvalue weighted by Gasteiger charge is 2.38. The summed E-state index contributed by atoms with van der Waals surface area (Å²) in [5.41, 5.74) is 2.18. The molecule has 1 aromatic rings. The van der Waals surface area contributed by atoms with Gasteiger partial charge >= 0.3 is 0 Å². The zero-order valence-electron chi connectivity index (χ0n) is 9.83. The van der Waals surface area contributed by atoms with E-state index in [9.17, 15) is 0 Å². The van der Waals surface area contributed by atoms with E-state index in [1.165, 1.54) is 37.2 Å². The topological polar surface area (TPSA) is 12.0 Å². The third-order valence-corrected chi connectivity index (χ3v) is 5.44. The van der Waals surface area contributed by atoms with Crippen LogP contribution in [-0.2, 0) is 6.42 Å². The highest BCUT2D eigenvalue weighted by atomic mass is 32.2. The van der Waals surface area contributed by atoms with E-state index in [2.05, 4.69) is 48.3 Å². The number of hydrogen-bond donors (Lipinski definition) is 1. The first-order valence-electron chi connectivity index (χ1n) is 6.27. The molecule has 1 aromatic carbocycles. The van der Waals surface area contributed by atoms with Gasteiger partial charge in [0, 0.05) is 23.2 Å². The Labute approximate surface area is 102 Å². The van der Waals surface area contributed by atoms with Crippen molar-refractivity contribution in [2.75, 3.05) is 13.1 Å². The van der Waals surface area contributed by atoms with Crippen LogP contribution in [0.25, 0.3) is 0 Å². The van der Waals surface area contributed by atoms with Crippen molar-refractivity contribution >= 4 is 11.8 Å². The van der Waals surface area contributed by atoms with Gasteiger partial charge in [-0.05, 0) is 36.3 Å². The summed E-state index contributed by atoms with van der Waals surface area (Å²) in [4.78, 5) is 1.52. The van der Waals surface area contributed by atoms with Crippen LogP contribution in [0.2, 0.25) is 0 Å². The van der Waals surface area contributed by atoms with Gasteiger partial charge in [-0.15, -0.1) is 11.8 Å². The Morgan fingerprint density at radius 1 is 1.38 bits per heavy atom. The molecule has 2 heterocycles. The van der Waals surface area contributed by atoms with E-state index in [0.29, 0.717) is 5.41 Å². The fourth-order valence-corrected chi connectivity index (χ4v) is 4.39. The normalized spacial score (nSPS) is 26.2. The molecule has 0 spiro atoms. The Morgan fingerprint density at radius 2 is 2.19 bits per heavy atom. The van der Waals surface area contributed by atoms with Crippen LogP contribution >= 0.6 is 11.8 Å². The average molecular weight is 233 g/mol. The predicted octanol–water partition coefficient (Wildman–Crippen LogP) is 3.09. The molecule has 2 aliphatic heterocycles. The minimum Gasteiger partial charge on any atom is -0.316 e. The average Bonchev–Trinajstić information content (AvgIpc) is 2.65. The second-order valence-electron chi connectivity index (χ2n) is 5.21. The predicted molar refractivity (Wildman–Crippen MR) is 70.0 cm³/mol. The molecule has 1 fully saturated rings. The zero-order valence-corrected chi connectivity index (χ0v) is 10.6. The Kier molecular flexibility index (Phi) is 2.72. The van der Waals surface area contributed by atoms with Gasteiger partial charge in [0.1, 0.15) is 0 Å². The SMILES string of the molecule is CCC1(CC2Cc3ccccc3S2)CNC1. The van der Waals surface area contributed by atoms with Gasteiger partial charge in [-0.25, -0.2) is 0 Å². The van der Waals surface area contributed by atoms with Crippen LogP contribution in [0, 0.1) is 5.41 Å². The summed E-state index contributed by atoms with van der Waals surface area (Å²) in [5.74, 6) is 0. The van der Waals surface area contributed by atoms with E-state index >= 15 is 0 Å². The molecule has 2 aliphatic rings. The molecule has 2 heteroatoms. The quantitative estimate of drug-likeness (QED) is 0.861. The van der Waals surface area contributed by atoms with Gasteiger partial charge in [0.25, 0.3) is 0 Å². The molecule has 3 rings (SSSR count). The highest BCUT2D eigenvalue weighted by molar-refractivity contribution is 8.00. The maximum absolute atomic E-state index is 3.44. The van der Waals surface area contributed by atoms with Crippen LogP contribution in [0.4, 0.5) is 0 Å². The molecular formula is C14H19NS. The van der Waals surface area contributed by atoms with Crippen molar-refractivity contribution < 1.29 is 0 Å². The van der Waals surface area contributed by atoms with Gasteiger partial charge in [0.05, 0.1) is 0 Å². The van der Waals surface area contributed by atoms with E-state index in [4.69, 9.17) is 0 Å². The van der Waals surface area contributed by atoms with Crippen molar-refractivity contribution in [3.05, 3.63) is 29.8 Å². The van der Waals surface area contributed by atoms with Crippen LogP contribution in [0.5, 0.6) is 0 Å². The number of nitrogens with one attached hydrogen (secondary N) is 1. The lowest BCUT2D eigenvalue weighted by molar-refractivity contribution is 0.145. The molecule has 1 unspecified atom stereocenters. The maximum Gasteiger partial charge on any atom is 0.0141 e. The summed E-state index contributed by atoms with van der Waals surface area (Å²) in [6.07, 6.45) is 3.99. The minimum absolute atomic E-state index is 0.611. The summed E-state index contributed by atoms with van der Waals surface area (Å²) in [5, 5.41) is 4.26. The second-order valence-corrected chi connectivity index (χ2v) is 6.56. The van der Waals surface area contributed by atoms with E-state index in [1.807, 2.05) is 0 Å². The molecular weight excluding hydrogens is 214 g/mol. The van der Waals surface area contributed by atoms with Gasteiger partial charge in [0.2, 0.25) is 0 Å². The molecule has 86 valence electrons. The summed E-state index contributed by atoms with van der Waals surface area (Å²) < 4.78 is 0. The first-order valence-corrected chi connectivity index (χ1v) is 7.15. The van der Waals surface area contributed by atoms with Crippen molar-refractivity contribution in [1.29, 1.82) is 0 Å². The number of hydrogen-bond acceptors (Lipinski definition) is 2. The van der Waals surface area contributed by atoms with Crippen molar-refractivity contribution in [2.45, 2.75) is 36.3 Å². The summed E-state index contributed by atoms with van der Waals surface area (Å²) >= 11 is 2.10. The Morgan fingerprint density at radius 3 is 2.81 bits per heavy atom. The Hall–Kier alpha value is -0.470. The fraction of sp³-hybridized carbons (Fsp3) is 0.571. The Bertz CT molecular complexity index is 354. The fourth-order valence-electron chi connectivity index (χ4n) is 2.87. The second kappa shape index (κ2) is 4.08. The lowest BCUT2D eigenvalue weighted by Crippen LogP contribution is -2.54. The number of rotatable bonds is 3. The van der Waals surface area contributed by atoms with Crippen molar-refractivity contribution in [1.82, 2.24) is 5.32 Å². The molecule has 0 saturated carbocycles. The number of benzene rings is 1. The van der Waals surface area contributed by atoms with Crippen molar-refractivity contribution in [2.24, 2.45) is 5.41 Å². The first-order chi connectivity index (χ1) is 7.81. The first kappa shape index (κ1) is 10.7. The van der Waals surface area contributed by atoms with Gasteiger partial charge < -0.3 is 5.32 Å². The van der Waals surface area contributed by atoms with Gasteiger partial charge in [-0.2, -0.15) is 0 Å². The highest BCUT2D eigenvalue weighted by Crippen LogP contribution is 2.44. The molecule has 0 aromatic heterocycles. The molecule has 0 amide bonds. The molecule has 1 saturated heterocycles. The third-order valence-electron chi connectivity index (χ3n) is 4.12. The monoisotopic (exact) mass is 233 g/mol. The largest absolute Gasteiger partial charge is 0.316 e. The summed E-state index contributed by atoms with van der Waals surface area (Å²) in [6.45, 7) is 4.81. The van der Waals surface area contributed by atoms with Crippen LogP contribution in [0.15, 0.2) is 29.2 Å². The number of fused-ring (bicyclic) bond motifs is 1. The standard InChI is InChI=1S/C14H19NS/c1-2-14(9-15-10-14)8-12-7-11-5-3-4-6-13(11)16-12/h3-6,12,15H,2,7-10H2,1H3. The van der Waals surface area contributed by atoms with E-state index < -0.39 is 0 Å². The molecule has 1 nitrogen and oxygen atoms in total. The smallest absolute Gasteiger partial charge is 0.0141 e. The van der Waals surface area contributed by atoms with Crippen LogP contribution in [-0.4, -0.2) is 18.3 Å². The maximum atomic E-state index is 3.44.